The molecule has 0 radical (unpaired) electrons. The number of anilines is 1. The molecule has 0 unspecified atom stereocenters. The minimum Gasteiger partial charge on any atom is -0.399 e. The van der Waals surface area contributed by atoms with E-state index < -0.39 is 0 Å². The molecule has 13 heavy (non-hydrogen) atoms. The van der Waals surface area contributed by atoms with Gasteiger partial charge in [-0.3, -0.25) is 4.90 Å². The average Bonchev–Trinajstić information content (AvgIpc) is 2.04. The van der Waals surface area contributed by atoms with Gasteiger partial charge in [0.05, 0.1) is 6.54 Å². The van der Waals surface area contributed by atoms with Gasteiger partial charge in [-0.05, 0) is 24.7 Å². The van der Waals surface area contributed by atoms with Crippen LogP contribution in [-0.4, -0.2) is 18.5 Å². The van der Waals surface area contributed by atoms with Crippen LogP contribution in [0.5, 0.6) is 0 Å². The summed E-state index contributed by atoms with van der Waals surface area (Å²) in [4.78, 5) is 2.06. The van der Waals surface area contributed by atoms with Gasteiger partial charge in [-0.1, -0.05) is 18.1 Å². The van der Waals surface area contributed by atoms with Crippen LogP contribution in [0.2, 0.25) is 0 Å². The predicted molar refractivity (Wildman–Crippen MR) is 56.0 cm³/mol. The minimum absolute atomic E-state index is 0.662. The fourth-order valence-corrected chi connectivity index (χ4v) is 1.21. The quantitative estimate of drug-likeness (QED) is 0.553. The van der Waals surface area contributed by atoms with Crippen LogP contribution in [0.25, 0.3) is 0 Å². The zero-order valence-electron chi connectivity index (χ0n) is 7.83. The molecule has 1 aromatic rings. The topological polar surface area (TPSA) is 29.3 Å². The molecule has 0 aliphatic rings. The molecule has 2 heteroatoms. The number of terminal acetylenes is 1. The van der Waals surface area contributed by atoms with Crippen molar-refractivity contribution < 1.29 is 0 Å². The molecule has 0 aromatic heterocycles. The summed E-state index contributed by atoms with van der Waals surface area (Å²) >= 11 is 0. The second-order valence-corrected chi connectivity index (χ2v) is 3.12. The third-order valence-electron chi connectivity index (χ3n) is 1.76. The maximum atomic E-state index is 5.65. The Labute approximate surface area is 79.4 Å². The van der Waals surface area contributed by atoms with Gasteiger partial charge in [0.15, 0.2) is 0 Å². The third-order valence-corrected chi connectivity index (χ3v) is 1.76. The van der Waals surface area contributed by atoms with E-state index in [-0.39, 0.29) is 0 Å². The smallest absolute Gasteiger partial charge is 0.0599 e. The van der Waals surface area contributed by atoms with Crippen LogP contribution >= 0.6 is 0 Å². The third kappa shape index (κ3) is 3.18. The summed E-state index contributed by atoms with van der Waals surface area (Å²) in [7, 11) is 1.99. The highest BCUT2D eigenvalue weighted by Crippen LogP contribution is 2.08. The molecule has 1 aromatic carbocycles. The Morgan fingerprint density at radius 2 is 2.31 bits per heavy atom. The lowest BCUT2D eigenvalue weighted by Gasteiger charge is -2.13. The second-order valence-electron chi connectivity index (χ2n) is 3.12. The van der Waals surface area contributed by atoms with Gasteiger partial charge in [-0.15, -0.1) is 6.42 Å². The maximum Gasteiger partial charge on any atom is 0.0599 e. The zero-order chi connectivity index (χ0) is 9.68. The summed E-state index contributed by atoms with van der Waals surface area (Å²) in [5, 5.41) is 0. The largest absolute Gasteiger partial charge is 0.399 e. The van der Waals surface area contributed by atoms with Crippen molar-refractivity contribution in [3.63, 3.8) is 0 Å². The van der Waals surface area contributed by atoms with Crippen molar-refractivity contribution in [3.8, 4) is 12.3 Å². The van der Waals surface area contributed by atoms with Gasteiger partial charge in [0.25, 0.3) is 0 Å². The highest BCUT2D eigenvalue weighted by Gasteiger charge is 1.97. The molecule has 0 heterocycles. The molecule has 0 fully saturated rings. The molecule has 0 amide bonds. The molecule has 0 saturated carbocycles. The number of rotatable bonds is 3. The Bertz CT molecular complexity index is 312. The Kier molecular flexibility index (Phi) is 3.36. The van der Waals surface area contributed by atoms with Crippen LogP contribution in [0.3, 0.4) is 0 Å². The Balaban J connectivity index is 2.59. The summed E-state index contributed by atoms with van der Waals surface area (Å²) in [6, 6.07) is 7.84. The summed E-state index contributed by atoms with van der Waals surface area (Å²) in [6.07, 6.45) is 5.20. The lowest BCUT2D eigenvalue weighted by Crippen LogP contribution is -2.17. The first-order valence-corrected chi connectivity index (χ1v) is 4.19. The van der Waals surface area contributed by atoms with E-state index in [1.165, 1.54) is 5.56 Å². The van der Waals surface area contributed by atoms with Gasteiger partial charge < -0.3 is 5.73 Å². The fraction of sp³-hybridized carbons (Fsp3) is 0.273. The number of nitrogens with zero attached hydrogens (tertiary/aromatic N) is 1. The molecule has 1 rings (SSSR count). The van der Waals surface area contributed by atoms with Crippen LogP contribution in [0.1, 0.15) is 5.56 Å². The lowest BCUT2D eigenvalue weighted by molar-refractivity contribution is 0.369. The van der Waals surface area contributed by atoms with Crippen LogP contribution < -0.4 is 5.73 Å². The summed E-state index contributed by atoms with van der Waals surface area (Å²) in [5.41, 5.74) is 7.64. The maximum absolute atomic E-state index is 5.65. The van der Waals surface area contributed by atoms with Gasteiger partial charge >= 0.3 is 0 Å². The van der Waals surface area contributed by atoms with Crippen molar-refractivity contribution in [2.75, 3.05) is 19.3 Å². The highest BCUT2D eigenvalue weighted by molar-refractivity contribution is 5.40. The SMILES string of the molecule is C#CCN(C)Cc1cccc(N)c1. The molecule has 2 nitrogen and oxygen atoms in total. The van der Waals surface area contributed by atoms with Crippen molar-refractivity contribution in [1.29, 1.82) is 0 Å². The molecule has 0 aliphatic heterocycles. The molecule has 0 aliphatic carbocycles. The van der Waals surface area contributed by atoms with Crippen LogP contribution in [-0.2, 0) is 6.54 Å². The van der Waals surface area contributed by atoms with E-state index in [1.54, 1.807) is 0 Å². The number of hydrogen-bond acceptors (Lipinski definition) is 2. The molecule has 0 bridgehead atoms. The summed E-state index contributed by atoms with van der Waals surface area (Å²) in [6.45, 7) is 1.50. The van der Waals surface area contributed by atoms with Crippen molar-refractivity contribution in [2.24, 2.45) is 0 Å². The van der Waals surface area contributed by atoms with Gasteiger partial charge in [0, 0.05) is 12.2 Å². The molecule has 0 saturated heterocycles. The first-order chi connectivity index (χ1) is 6.22. The first kappa shape index (κ1) is 9.63. The monoisotopic (exact) mass is 174 g/mol. The van der Waals surface area contributed by atoms with Crippen LogP contribution in [0.4, 0.5) is 5.69 Å². The molecular weight excluding hydrogens is 160 g/mol. The normalized spacial score (nSPS) is 9.92. The molecular formula is C11H14N2. The van der Waals surface area contributed by atoms with E-state index in [1.807, 2.05) is 31.3 Å². The van der Waals surface area contributed by atoms with E-state index in [0.29, 0.717) is 6.54 Å². The summed E-state index contributed by atoms with van der Waals surface area (Å²) < 4.78 is 0. The standard InChI is InChI=1S/C11H14N2/c1-3-7-13(2)9-10-5-4-6-11(12)8-10/h1,4-6,8H,7,9,12H2,2H3. The molecule has 2 N–H and O–H groups in total. The average molecular weight is 174 g/mol. The van der Waals surface area contributed by atoms with Crippen molar-refractivity contribution in [3.05, 3.63) is 29.8 Å². The molecule has 0 spiro atoms. The Hall–Kier alpha value is -1.46. The molecule has 0 atom stereocenters. The number of hydrogen-bond donors (Lipinski definition) is 1. The minimum atomic E-state index is 0.662. The van der Waals surface area contributed by atoms with E-state index >= 15 is 0 Å². The zero-order valence-corrected chi connectivity index (χ0v) is 7.83. The van der Waals surface area contributed by atoms with Crippen molar-refractivity contribution >= 4 is 5.69 Å². The van der Waals surface area contributed by atoms with Gasteiger partial charge in [-0.2, -0.15) is 0 Å². The van der Waals surface area contributed by atoms with E-state index in [9.17, 15) is 0 Å². The van der Waals surface area contributed by atoms with E-state index in [4.69, 9.17) is 12.2 Å². The van der Waals surface area contributed by atoms with E-state index in [0.717, 1.165) is 12.2 Å². The van der Waals surface area contributed by atoms with Crippen LogP contribution in [0, 0.1) is 12.3 Å². The Morgan fingerprint density at radius 3 is 2.92 bits per heavy atom. The van der Waals surface area contributed by atoms with Crippen LogP contribution in [0.15, 0.2) is 24.3 Å². The van der Waals surface area contributed by atoms with Gasteiger partial charge in [0.1, 0.15) is 0 Å². The van der Waals surface area contributed by atoms with Crippen molar-refractivity contribution in [1.82, 2.24) is 4.90 Å². The lowest BCUT2D eigenvalue weighted by atomic mass is 10.2. The Morgan fingerprint density at radius 1 is 1.54 bits per heavy atom. The molecule has 68 valence electrons. The summed E-state index contributed by atoms with van der Waals surface area (Å²) in [5.74, 6) is 2.60. The number of nitrogen functional groups attached to an aromatic ring is 1. The predicted octanol–water partition coefficient (Wildman–Crippen LogP) is 1.33. The van der Waals surface area contributed by atoms with Crippen molar-refractivity contribution in [2.45, 2.75) is 6.54 Å². The van der Waals surface area contributed by atoms with Gasteiger partial charge in [-0.25, -0.2) is 0 Å². The second kappa shape index (κ2) is 4.54. The number of nitrogens with two attached hydrogens (primary N) is 1. The first-order valence-electron chi connectivity index (χ1n) is 4.19. The highest BCUT2D eigenvalue weighted by atomic mass is 15.1. The number of benzene rings is 1. The fourth-order valence-electron chi connectivity index (χ4n) is 1.21. The van der Waals surface area contributed by atoms with Gasteiger partial charge in [0.2, 0.25) is 0 Å². The van der Waals surface area contributed by atoms with E-state index in [2.05, 4.69) is 10.8 Å².